The van der Waals surface area contributed by atoms with E-state index in [1.54, 1.807) is 31.4 Å². The van der Waals surface area contributed by atoms with E-state index in [0.717, 1.165) is 11.4 Å². The van der Waals surface area contributed by atoms with Gasteiger partial charge in [-0.1, -0.05) is 11.6 Å². The number of carbonyl (C=O) groups is 3. The molecule has 0 aromatic heterocycles. The number of urea groups is 1. The second kappa shape index (κ2) is 11.8. The van der Waals surface area contributed by atoms with Crippen molar-refractivity contribution in [3.63, 3.8) is 0 Å². The van der Waals surface area contributed by atoms with E-state index in [1.165, 1.54) is 0 Å². The average Bonchev–Trinajstić information content (AvgIpc) is 2.91. The normalized spacial score (nSPS) is 16.1. The van der Waals surface area contributed by atoms with Crippen LogP contribution in [-0.2, 0) is 14.3 Å². The lowest BCUT2D eigenvalue weighted by Crippen LogP contribution is -2.35. The lowest BCUT2D eigenvalue weighted by atomic mass is 10.1. The zero-order valence-corrected chi connectivity index (χ0v) is 16.6. The number of hydrogen-bond donors (Lipinski definition) is 3. The number of hydrogen-bond acceptors (Lipinski definition) is 5. The molecule has 1 unspecified atom stereocenters. The second-order valence-corrected chi connectivity index (χ2v) is 6.22. The molecule has 1 aliphatic rings. The summed E-state index contributed by atoms with van der Waals surface area (Å²) in [5.41, 5.74) is 0.450. The maximum atomic E-state index is 12.4. The summed E-state index contributed by atoms with van der Waals surface area (Å²) in [5.74, 6) is -0.531. The predicted octanol–water partition coefficient (Wildman–Crippen LogP) is 1.32. The number of methoxy groups -OCH3 is 1. The van der Waals surface area contributed by atoms with Gasteiger partial charge >= 0.3 is 6.03 Å². The molecule has 1 atom stereocenters. The molecule has 1 aliphatic heterocycles. The Bertz CT molecular complexity index is 642. The number of carbonyl (C=O) groups excluding carboxylic acids is 3. The number of anilines is 1. The number of halogens is 2. The highest BCUT2D eigenvalue weighted by Crippen LogP contribution is 2.22. The summed E-state index contributed by atoms with van der Waals surface area (Å²) in [6, 6.07) is 5.23. The Kier molecular flexibility index (Phi) is 10.1. The van der Waals surface area contributed by atoms with Crippen molar-refractivity contribution >= 4 is 47.5 Å². The third kappa shape index (κ3) is 6.99. The van der Waals surface area contributed by atoms with Gasteiger partial charge in [-0.25, -0.2) is 9.69 Å². The molecular formula is C17H24Cl2N4O4. The van der Waals surface area contributed by atoms with E-state index in [4.69, 9.17) is 16.3 Å². The van der Waals surface area contributed by atoms with E-state index < -0.39 is 12.1 Å². The molecule has 0 saturated carbocycles. The van der Waals surface area contributed by atoms with Crippen LogP contribution in [-0.4, -0.2) is 57.2 Å². The van der Waals surface area contributed by atoms with Crippen LogP contribution < -0.4 is 20.9 Å². The molecule has 2 rings (SSSR count). The van der Waals surface area contributed by atoms with E-state index in [-0.39, 0.29) is 37.1 Å². The van der Waals surface area contributed by atoms with E-state index in [1.807, 2.05) is 0 Å². The number of imide groups is 1. The first-order valence-electron chi connectivity index (χ1n) is 8.39. The summed E-state index contributed by atoms with van der Waals surface area (Å²) in [6.07, 6.45) is 0.404. The van der Waals surface area contributed by atoms with Crippen LogP contribution in [0.25, 0.3) is 0 Å². The number of amides is 4. The molecule has 27 heavy (non-hydrogen) atoms. The van der Waals surface area contributed by atoms with Crippen LogP contribution in [0.5, 0.6) is 0 Å². The molecule has 0 spiro atoms. The minimum atomic E-state index is -0.705. The molecule has 1 aromatic carbocycles. The van der Waals surface area contributed by atoms with Crippen molar-refractivity contribution in [2.75, 3.05) is 38.3 Å². The fraction of sp³-hybridized carbons (Fsp3) is 0.471. The van der Waals surface area contributed by atoms with Crippen LogP contribution in [0.1, 0.15) is 12.8 Å². The van der Waals surface area contributed by atoms with Crippen LogP contribution in [0.2, 0.25) is 5.02 Å². The highest BCUT2D eigenvalue weighted by atomic mass is 35.5. The average molecular weight is 419 g/mol. The summed E-state index contributed by atoms with van der Waals surface area (Å²) in [7, 11) is 1.63. The molecule has 1 aromatic rings. The van der Waals surface area contributed by atoms with Crippen molar-refractivity contribution in [2.45, 2.75) is 18.9 Å². The molecule has 1 saturated heterocycles. The van der Waals surface area contributed by atoms with Gasteiger partial charge in [0, 0.05) is 38.2 Å². The Morgan fingerprint density at radius 2 is 1.93 bits per heavy atom. The summed E-state index contributed by atoms with van der Waals surface area (Å²) < 4.78 is 4.90. The number of nitrogens with zero attached hydrogens (tertiary/aromatic N) is 1. The topological polar surface area (TPSA) is 99.8 Å². The van der Waals surface area contributed by atoms with E-state index >= 15 is 0 Å². The number of benzene rings is 1. The van der Waals surface area contributed by atoms with Gasteiger partial charge in [-0.15, -0.1) is 12.4 Å². The summed E-state index contributed by atoms with van der Waals surface area (Å²) >= 11 is 5.82. The highest BCUT2D eigenvalue weighted by Gasteiger charge is 2.38. The number of rotatable bonds is 10. The van der Waals surface area contributed by atoms with E-state index in [9.17, 15) is 14.4 Å². The maximum absolute atomic E-state index is 12.4. The third-order valence-corrected chi connectivity index (χ3v) is 4.12. The fourth-order valence-electron chi connectivity index (χ4n) is 2.51. The van der Waals surface area contributed by atoms with Gasteiger partial charge in [0.25, 0.3) is 5.91 Å². The second-order valence-electron chi connectivity index (χ2n) is 5.78. The van der Waals surface area contributed by atoms with Crippen LogP contribution in [0, 0.1) is 0 Å². The van der Waals surface area contributed by atoms with Crippen LogP contribution in [0.15, 0.2) is 24.3 Å². The summed E-state index contributed by atoms with van der Waals surface area (Å²) in [6.45, 7) is 2.46. The Balaban J connectivity index is 0.00000364. The zero-order chi connectivity index (χ0) is 18.9. The molecule has 1 fully saturated rings. The monoisotopic (exact) mass is 418 g/mol. The highest BCUT2D eigenvalue weighted by molar-refractivity contribution is 6.30. The standard InChI is InChI=1S/C17H23ClN4O4.ClH/c1-26-11-10-19-8-9-20-15(23)7-6-14-16(24)22(17(25)21-14)13-4-2-12(18)3-5-13;/h2-5,14,19H,6-11H2,1H3,(H,20,23)(H,21,25);1H. The summed E-state index contributed by atoms with van der Waals surface area (Å²) in [4.78, 5) is 37.4. The van der Waals surface area contributed by atoms with Crippen molar-refractivity contribution in [1.29, 1.82) is 0 Å². The van der Waals surface area contributed by atoms with Gasteiger partial charge in [0.05, 0.1) is 12.3 Å². The van der Waals surface area contributed by atoms with Crippen LogP contribution in [0.4, 0.5) is 10.5 Å². The molecule has 10 heteroatoms. The SMILES string of the molecule is COCCNCCNC(=O)CCC1NC(=O)N(c2ccc(Cl)cc2)C1=O.Cl. The molecule has 150 valence electrons. The minimum Gasteiger partial charge on any atom is -0.383 e. The molecular weight excluding hydrogens is 395 g/mol. The van der Waals surface area contributed by atoms with Crippen molar-refractivity contribution in [1.82, 2.24) is 16.0 Å². The molecule has 4 amide bonds. The van der Waals surface area contributed by atoms with E-state index in [2.05, 4.69) is 16.0 Å². The smallest absolute Gasteiger partial charge is 0.329 e. The molecule has 1 heterocycles. The van der Waals surface area contributed by atoms with Crippen molar-refractivity contribution < 1.29 is 19.1 Å². The van der Waals surface area contributed by atoms with Crippen LogP contribution >= 0.6 is 24.0 Å². The lowest BCUT2D eigenvalue weighted by Gasteiger charge is -2.13. The van der Waals surface area contributed by atoms with Crippen molar-refractivity contribution in [2.24, 2.45) is 0 Å². The number of nitrogens with one attached hydrogen (secondary N) is 3. The number of ether oxygens (including phenoxy) is 1. The third-order valence-electron chi connectivity index (χ3n) is 3.87. The minimum absolute atomic E-state index is 0. The van der Waals surface area contributed by atoms with Gasteiger partial charge in [0.1, 0.15) is 6.04 Å². The summed E-state index contributed by atoms with van der Waals surface area (Å²) in [5, 5.41) is 9.01. The van der Waals surface area contributed by atoms with Gasteiger partial charge in [-0.05, 0) is 30.7 Å². The van der Waals surface area contributed by atoms with Crippen molar-refractivity contribution in [3.05, 3.63) is 29.3 Å². The van der Waals surface area contributed by atoms with Gasteiger partial charge < -0.3 is 20.7 Å². The van der Waals surface area contributed by atoms with Gasteiger partial charge in [0.2, 0.25) is 5.91 Å². The molecule has 0 radical (unpaired) electrons. The molecule has 0 aliphatic carbocycles. The predicted molar refractivity (Wildman–Crippen MR) is 105 cm³/mol. The van der Waals surface area contributed by atoms with Crippen molar-refractivity contribution in [3.8, 4) is 0 Å². The molecule has 0 bridgehead atoms. The first kappa shape index (κ1) is 23.2. The van der Waals surface area contributed by atoms with Crippen LogP contribution in [0.3, 0.4) is 0 Å². The Morgan fingerprint density at radius 1 is 1.22 bits per heavy atom. The molecule has 3 N–H and O–H groups in total. The largest absolute Gasteiger partial charge is 0.383 e. The Hall–Kier alpha value is -1.87. The maximum Gasteiger partial charge on any atom is 0.329 e. The van der Waals surface area contributed by atoms with Gasteiger partial charge in [-0.3, -0.25) is 9.59 Å². The Labute approximate surface area is 169 Å². The first-order valence-corrected chi connectivity index (χ1v) is 8.77. The Morgan fingerprint density at radius 3 is 2.59 bits per heavy atom. The quantitative estimate of drug-likeness (QED) is 0.393. The van der Waals surface area contributed by atoms with E-state index in [0.29, 0.717) is 30.4 Å². The lowest BCUT2D eigenvalue weighted by molar-refractivity contribution is -0.121. The van der Waals surface area contributed by atoms with Gasteiger partial charge in [0.15, 0.2) is 0 Å². The fourth-order valence-corrected chi connectivity index (χ4v) is 2.64. The first-order chi connectivity index (χ1) is 12.5. The zero-order valence-electron chi connectivity index (χ0n) is 15.0. The molecule has 8 nitrogen and oxygen atoms in total. The van der Waals surface area contributed by atoms with Gasteiger partial charge in [-0.2, -0.15) is 0 Å².